The van der Waals surface area contributed by atoms with Gasteiger partial charge in [-0.25, -0.2) is 0 Å². The summed E-state index contributed by atoms with van der Waals surface area (Å²) in [4.78, 5) is 2.12. The zero-order valence-corrected chi connectivity index (χ0v) is 10.8. The first-order valence-corrected chi connectivity index (χ1v) is 5.99. The summed E-state index contributed by atoms with van der Waals surface area (Å²) in [5, 5.41) is 8.76. The average molecular weight is 235 g/mol. The molecule has 3 atom stereocenters. The van der Waals surface area contributed by atoms with Crippen molar-refractivity contribution in [3.63, 3.8) is 0 Å². The minimum absolute atomic E-state index is 0.00675. The zero-order valence-electron chi connectivity index (χ0n) is 10.8. The van der Waals surface area contributed by atoms with Gasteiger partial charge < -0.3 is 10.2 Å². The van der Waals surface area contributed by atoms with Crippen LogP contribution >= 0.6 is 0 Å². The summed E-state index contributed by atoms with van der Waals surface area (Å²) in [6.07, 6.45) is 3.02. The minimum Gasteiger partial charge on any atom is -0.468 e. The molecule has 0 aromatic carbocycles. The van der Waals surface area contributed by atoms with Gasteiger partial charge in [0.15, 0.2) is 0 Å². The van der Waals surface area contributed by atoms with Crippen LogP contribution in [-0.2, 0) is 0 Å². The average Bonchev–Trinajstić information content (AvgIpc) is 2.82. The number of hydrogen-bond donors (Lipinski definition) is 1. The van der Waals surface area contributed by atoms with Crippen LogP contribution in [0.4, 0.5) is 0 Å². The lowest BCUT2D eigenvalue weighted by atomic mass is 10.0. The molecular weight excluding hydrogens is 214 g/mol. The molecule has 0 fully saturated rings. The van der Waals surface area contributed by atoms with E-state index in [1.54, 1.807) is 6.26 Å². The third-order valence-electron chi connectivity index (χ3n) is 3.23. The lowest BCUT2D eigenvalue weighted by Crippen LogP contribution is -2.42. The summed E-state index contributed by atoms with van der Waals surface area (Å²) in [7, 11) is 1.99. The molecule has 94 valence electrons. The van der Waals surface area contributed by atoms with Crippen LogP contribution in [0, 0.1) is 11.3 Å². The Morgan fingerprint density at radius 1 is 1.59 bits per heavy atom. The molecule has 2 N–H and O–H groups in total. The Hall–Kier alpha value is -1.31. The molecule has 0 amide bonds. The topological polar surface area (TPSA) is 66.2 Å². The first-order valence-electron chi connectivity index (χ1n) is 5.99. The lowest BCUT2D eigenvalue weighted by Gasteiger charge is -2.34. The third kappa shape index (κ3) is 3.32. The summed E-state index contributed by atoms with van der Waals surface area (Å²) in [5.74, 6) is 0.867. The Balaban J connectivity index is 2.88. The molecule has 0 radical (unpaired) electrons. The highest BCUT2D eigenvalue weighted by Crippen LogP contribution is 2.26. The van der Waals surface area contributed by atoms with Crippen LogP contribution in [-0.4, -0.2) is 24.0 Å². The maximum atomic E-state index is 8.76. The molecule has 0 spiro atoms. The van der Waals surface area contributed by atoms with E-state index in [-0.39, 0.29) is 18.1 Å². The fraction of sp³-hybridized carbons (Fsp3) is 0.615. The molecule has 1 aromatic rings. The van der Waals surface area contributed by atoms with E-state index in [2.05, 4.69) is 17.9 Å². The van der Waals surface area contributed by atoms with Gasteiger partial charge in [0.25, 0.3) is 0 Å². The highest BCUT2D eigenvalue weighted by Gasteiger charge is 2.28. The predicted octanol–water partition coefficient (Wildman–Crippen LogP) is 2.29. The molecule has 0 bridgehead atoms. The van der Waals surface area contributed by atoms with Crippen LogP contribution < -0.4 is 5.73 Å². The summed E-state index contributed by atoms with van der Waals surface area (Å²) >= 11 is 0. The van der Waals surface area contributed by atoms with Crippen molar-refractivity contribution in [2.75, 3.05) is 7.05 Å². The molecule has 4 nitrogen and oxygen atoms in total. The van der Waals surface area contributed by atoms with Gasteiger partial charge in [-0.1, -0.05) is 6.92 Å². The number of furan rings is 1. The molecule has 1 heterocycles. The van der Waals surface area contributed by atoms with Crippen LogP contribution in [0.5, 0.6) is 0 Å². The third-order valence-corrected chi connectivity index (χ3v) is 3.23. The first kappa shape index (κ1) is 13.8. The van der Waals surface area contributed by atoms with Gasteiger partial charge in [0.05, 0.1) is 24.8 Å². The molecule has 0 aliphatic heterocycles. The molecule has 3 unspecified atom stereocenters. The van der Waals surface area contributed by atoms with Crippen LogP contribution in [0.25, 0.3) is 0 Å². The highest BCUT2D eigenvalue weighted by atomic mass is 16.3. The molecule has 0 aliphatic carbocycles. The predicted molar refractivity (Wildman–Crippen MR) is 67.2 cm³/mol. The number of nitriles is 1. The van der Waals surface area contributed by atoms with Gasteiger partial charge in [0.2, 0.25) is 0 Å². The second kappa shape index (κ2) is 6.43. The van der Waals surface area contributed by atoms with E-state index >= 15 is 0 Å². The zero-order chi connectivity index (χ0) is 12.8. The van der Waals surface area contributed by atoms with Crippen molar-refractivity contribution in [1.82, 2.24) is 4.90 Å². The van der Waals surface area contributed by atoms with Gasteiger partial charge in [-0.05, 0) is 32.5 Å². The van der Waals surface area contributed by atoms with Crippen molar-refractivity contribution in [2.24, 2.45) is 5.73 Å². The highest BCUT2D eigenvalue weighted by molar-refractivity contribution is 5.08. The summed E-state index contributed by atoms with van der Waals surface area (Å²) in [6.45, 7) is 4.09. The molecule has 4 heteroatoms. The van der Waals surface area contributed by atoms with Crippen molar-refractivity contribution >= 4 is 0 Å². The van der Waals surface area contributed by atoms with E-state index in [0.717, 1.165) is 12.2 Å². The van der Waals surface area contributed by atoms with Crippen molar-refractivity contribution in [3.8, 4) is 6.07 Å². The van der Waals surface area contributed by atoms with E-state index in [9.17, 15) is 0 Å². The van der Waals surface area contributed by atoms with E-state index in [1.807, 2.05) is 26.1 Å². The monoisotopic (exact) mass is 235 g/mol. The largest absolute Gasteiger partial charge is 0.468 e. The quantitative estimate of drug-likeness (QED) is 0.821. The molecule has 0 aliphatic rings. The van der Waals surface area contributed by atoms with Gasteiger partial charge >= 0.3 is 0 Å². The van der Waals surface area contributed by atoms with E-state index in [0.29, 0.717) is 6.42 Å². The standard InChI is InChI=1S/C13H21N3O/c1-4-11(15)13(12-6-5-9-17-12)16(3)10(2)7-8-14/h5-6,9-11,13H,4,7,15H2,1-3H3. The Kier molecular flexibility index (Phi) is 5.20. The molecule has 1 aromatic heterocycles. The Labute approximate surface area is 103 Å². The molecular formula is C13H21N3O. The summed E-state index contributed by atoms with van der Waals surface area (Å²) in [5.41, 5.74) is 6.16. The van der Waals surface area contributed by atoms with Gasteiger partial charge in [-0.2, -0.15) is 5.26 Å². The second-order valence-corrected chi connectivity index (χ2v) is 4.41. The first-order chi connectivity index (χ1) is 8.11. The van der Waals surface area contributed by atoms with Crippen LogP contribution in [0.1, 0.15) is 38.5 Å². The lowest BCUT2D eigenvalue weighted by molar-refractivity contribution is 0.140. The number of hydrogen-bond acceptors (Lipinski definition) is 4. The smallest absolute Gasteiger partial charge is 0.122 e. The maximum absolute atomic E-state index is 8.76. The Morgan fingerprint density at radius 3 is 2.76 bits per heavy atom. The summed E-state index contributed by atoms with van der Waals surface area (Å²) in [6, 6.07) is 6.19. The second-order valence-electron chi connectivity index (χ2n) is 4.41. The van der Waals surface area contributed by atoms with Crippen molar-refractivity contribution in [2.45, 2.75) is 44.8 Å². The van der Waals surface area contributed by atoms with Crippen molar-refractivity contribution < 1.29 is 4.42 Å². The molecule has 17 heavy (non-hydrogen) atoms. The van der Waals surface area contributed by atoms with Gasteiger partial charge in [0, 0.05) is 12.1 Å². The van der Waals surface area contributed by atoms with Crippen LogP contribution in [0.15, 0.2) is 22.8 Å². The number of rotatable bonds is 6. The van der Waals surface area contributed by atoms with E-state index in [1.165, 1.54) is 0 Å². The fourth-order valence-corrected chi connectivity index (χ4v) is 1.95. The molecule has 1 rings (SSSR count). The van der Waals surface area contributed by atoms with Crippen LogP contribution in [0.2, 0.25) is 0 Å². The van der Waals surface area contributed by atoms with Gasteiger partial charge in [-0.15, -0.1) is 0 Å². The van der Waals surface area contributed by atoms with Crippen molar-refractivity contribution in [3.05, 3.63) is 24.2 Å². The Bertz CT molecular complexity index is 355. The molecule has 0 saturated heterocycles. The number of nitrogens with zero attached hydrogens (tertiary/aromatic N) is 2. The van der Waals surface area contributed by atoms with Crippen LogP contribution in [0.3, 0.4) is 0 Å². The number of nitrogens with two attached hydrogens (primary N) is 1. The maximum Gasteiger partial charge on any atom is 0.122 e. The normalized spacial score (nSPS) is 16.5. The van der Waals surface area contributed by atoms with E-state index < -0.39 is 0 Å². The fourth-order valence-electron chi connectivity index (χ4n) is 1.95. The molecule has 0 saturated carbocycles. The van der Waals surface area contributed by atoms with E-state index in [4.69, 9.17) is 15.4 Å². The SMILES string of the molecule is CCC(N)C(c1ccco1)N(C)C(C)CC#N. The van der Waals surface area contributed by atoms with Gasteiger partial charge in [0.1, 0.15) is 5.76 Å². The minimum atomic E-state index is 0.00675. The van der Waals surface area contributed by atoms with Crippen molar-refractivity contribution in [1.29, 1.82) is 5.26 Å². The number of likely N-dealkylation sites (N-methyl/N-ethyl adjacent to an activating group) is 1. The Morgan fingerprint density at radius 2 is 2.29 bits per heavy atom. The van der Waals surface area contributed by atoms with Gasteiger partial charge in [-0.3, -0.25) is 4.90 Å². The summed E-state index contributed by atoms with van der Waals surface area (Å²) < 4.78 is 5.46.